The molecule has 0 N–H and O–H groups in total. The first kappa shape index (κ1) is 9.06. The highest BCUT2D eigenvalue weighted by atomic mass is 16.6. The lowest BCUT2D eigenvalue weighted by Gasteiger charge is -2.11. The molecule has 0 saturated carbocycles. The highest BCUT2D eigenvalue weighted by Gasteiger charge is 2.20. The first-order valence-corrected chi connectivity index (χ1v) is 4.82. The predicted molar refractivity (Wildman–Crippen MR) is 53.1 cm³/mol. The van der Waals surface area contributed by atoms with E-state index in [0.717, 1.165) is 19.5 Å². The van der Waals surface area contributed by atoms with E-state index < -0.39 is 0 Å². The lowest BCUT2D eigenvalue weighted by Crippen LogP contribution is -2.26. The third-order valence-electron chi connectivity index (χ3n) is 2.36. The molecule has 0 spiro atoms. The van der Waals surface area contributed by atoms with E-state index in [-0.39, 0.29) is 6.09 Å². The van der Waals surface area contributed by atoms with Crippen LogP contribution in [-0.4, -0.2) is 30.7 Å². The fourth-order valence-electron chi connectivity index (χ4n) is 1.54. The molecule has 1 saturated heterocycles. The van der Waals surface area contributed by atoms with Crippen LogP contribution in [0.3, 0.4) is 0 Å². The van der Waals surface area contributed by atoms with Crippen molar-refractivity contribution in [2.24, 2.45) is 0 Å². The first-order valence-electron chi connectivity index (χ1n) is 4.82. The molecule has 0 aromatic heterocycles. The molecule has 3 nitrogen and oxygen atoms in total. The molecule has 1 aromatic rings. The van der Waals surface area contributed by atoms with E-state index in [1.54, 1.807) is 4.90 Å². The number of hydrogen-bond donors (Lipinski definition) is 0. The van der Waals surface area contributed by atoms with Gasteiger partial charge in [-0.05, 0) is 12.0 Å². The summed E-state index contributed by atoms with van der Waals surface area (Å²) in [6.07, 6.45) is 0.719. The Hall–Kier alpha value is -1.51. The fourth-order valence-corrected chi connectivity index (χ4v) is 1.54. The van der Waals surface area contributed by atoms with E-state index in [1.165, 1.54) is 5.56 Å². The molecule has 1 fully saturated rings. The lowest BCUT2D eigenvalue weighted by atomic mass is 10.1. The second-order valence-corrected chi connectivity index (χ2v) is 3.34. The maximum atomic E-state index is 11.1. The highest BCUT2D eigenvalue weighted by Crippen LogP contribution is 2.06. The molecule has 0 unspecified atom stereocenters. The Balaban J connectivity index is 1.85. The molecule has 0 bridgehead atoms. The number of hydrogen-bond acceptors (Lipinski definition) is 2. The zero-order chi connectivity index (χ0) is 9.80. The number of carbonyl (C=O) groups excluding carboxylic acids is 1. The fraction of sp³-hybridized carbons (Fsp3) is 0.364. The summed E-state index contributed by atoms with van der Waals surface area (Å²) in [5.41, 5.74) is 1.26. The standard InChI is InChI=1S/C11H13NO2/c13-11-12(8-9-14-11)7-6-10-4-2-1-3-5-10/h1-5H,6-9H2. The Morgan fingerprint density at radius 2 is 2.07 bits per heavy atom. The van der Waals surface area contributed by atoms with Crippen molar-refractivity contribution in [3.8, 4) is 0 Å². The molecule has 0 aliphatic carbocycles. The van der Waals surface area contributed by atoms with Gasteiger partial charge < -0.3 is 9.64 Å². The van der Waals surface area contributed by atoms with E-state index in [2.05, 4.69) is 12.1 Å². The Kier molecular flexibility index (Phi) is 2.68. The largest absolute Gasteiger partial charge is 0.448 e. The summed E-state index contributed by atoms with van der Waals surface area (Å²) in [4.78, 5) is 12.8. The van der Waals surface area contributed by atoms with Crippen LogP contribution in [-0.2, 0) is 11.2 Å². The van der Waals surface area contributed by atoms with Gasteiger partial charge in [-0.2, -0.15) is 0 Å². The number of cyclic esters (lactones) is 1. The van der Waals surface area contributed by atoms with Gasteiger partial charge in [-0.25, -0.2) is 4.79 Å². The van der Waals surface area contributed by atoms with Crippen LogP contribution in [0.5, 0.6) is 0 Å². The van der Waals surface area contributed by atoms with Gasteiger partial charge >= 0.3 is 6.09 Å². The molecule has 2 rings (SSSR count). The third kappa shape index (κ3) is 2.05. The number of ether oxygens (including phenoxy) is 1. The van der Waals surface area contributed by atoms with Gasteiger partial charge in [0.2, 0.25) is 0 Å². The van der Waals surface area contributed by atoms with E-state index in [4.69, 9.17) is 4.74 Å². The number of carbonyl (C=O) groups is 1. The molecule has 3 heteroatoms. The number of rotatable bonds is 3. The summed E-state index contributed by atoms with van der Waals surface area (Å²) >= 11 is 0. The zero-order valence-corrected chi connectivity index (χ0v) is 7.98. The van der Waals surface area contributed by atoms with Crippen molar-refractivity contribution in [2.75, 3.05) is 19.7 Å². The summed E-state index contributed by atoms with van der Waals surface area (Å²) < 4.78 is 4.84. The van der Waals surface area contributed by atoms with Crippen LogP contribution in [0.1, 0.15) is 5.56 Å². The van der Waals surface area contributed by atoms with Gasteiger partial charge in [0.15, 0.2) is 0 Å². The number of amides is 1. The van der Waals surface area contributed by atoms with Crippen molar-refractivity contribution in [3.63, 3.8) is 0 Å². The highest BCUT2D eigenvalue weighted by molar-refractivity contribution is 5.69. The van der Waals surface area contributed by atoms with Gasteiger partial charge in [-0.1, -0.05) is 30.3 Å². The van der Waals surface area contributed by atoms with Crippen molar-refractivity contribution in [1.82, 2.24) is 4.90 Å². The minimum absolute atomic E-state index is 0.180. The molecule has 1 aliphatic rings. The van der Waals surface area contributed by atoms with Crippen LogP contribution in [0.15, 0.2) is 30.3 Å². The van der Waals surface area contributed by atoms with Crippen LogP contribution in [0.25, 0.3) is 0 Å². The van der Waals surface area contributed by atoms with Gasteiger partial charge in [0.1, 0.15) is 6.61 Å². The van der Waals surface area contributed by atoms with Gasteiger partial charge in [-0.15, -0.1) is 0 Å². The van der Waals surface area contributed by atoms with Crippen LogP contribution in [0, 0.1) is 0 Å². The summed E-state index contributed by atoms with van der Waals surface area (Å²) in [7, 11) is 0. The van der Waals surface area contributed by atoms with E-state index in [9.17, 15) is 4.79 Å². The first-order chi connectivity index (χ1) is 6.86. The number of nitrogens with zero attached hydrogens (tertiary/aromatic N) is 1. The Morgan fingerprint density at radius 3 is 2.71 bits per heavy atom. The summed E-state index contributed by atoms with van der Waals surface area (Å²) in [5, 5.41) is 0. The van der Waals surface area contributed by atoms with Crippen molar-refractivity contribution in [1.29, 1.82) is 0 Å². The van der Waals surface area contributed by atoms with Crippen molar-refractivity contribution in [3.05, 3.63) is 35.9 Å². The summed E-state index contributed by atoms with van der Waals surface area (Å²) in [6.45, 7) is 2.02. The minimum Gasteiger partial charge on any atom is -0.448 e. The third-order valence-corrected chi connectivity index (χ3v) is 2.36. The second-order valence-electron chi connectivity index (χ2n) is 3.34. The van der Waals surface area contributed by atoms with Gasteiger partial charge in [0.05, 0.1) is 6.54 Å². The van der Waals surface area contributed by atoms with E-state index in [1.807, 2.05) is 18.2 Å². The maximum absolute atomic E-state index is 11.1. The van der Waals surface area contributed by atoms with Crippen LogP contribution < -0.4 is 0 Å². The molecule has 14 heavy (non-hydrogen) atoms. The quantitative estimate of drug-likeness (QED) is 0.727. The molecule has 74 valence electrons. The molecule has 1 aliphatic heterocycles. The van der Waals surface area contributed by atoms with Crippen molar-refractivity contribution >= 4 is 6.09 Å². The van der Waals surface area contributed by atoms with Gasteiger partial charge in [-0.3, -0.25) is 0 Å². The monoisotopic (exact) mass is 191 g/mol. The average molecular weight is 191 g/mol. The van der Waals surface area contributed by atoms with Crippen molar-refractivity contribution < 1.29 is 9.53 Å². The molecular formula is C11H13NO2. The average Bonchev–Trinajstić information content (AvgIpc) is 2.63. The Bertz CT molecular complexity index is 310. The van der Waals surface area contributed by atoms with E-state index >= 15 is 0 Å². The maximum Gasteiger partial charge on any atom is 0.409 e. The Labute approximate surface area is 83.3 Å². The molecule has 1 amide bonds. The molecule has 1 aromatic carbocycles. The predicted octanol–water partition coefficient (Wildman–Crippen LogP) is 1.68. The normalized spacial score (nSPS) is 15.7. The molecule has 0 atom stereocenters. The summed E-state index contributed by atoms with van der Waals surface area (Å²) in [6, 6.07) is 10.2. The van der Waals surface area contributed by atoms with Gasteiger partial charge in [0.25, 0.3) is 0 Å². The van der Waals surface area contributed by atoms with E-state index in [0.29, 0.717) is 6.61 Å². The topological polar surface area (TPSA) is 29.5 Å². The van der Waals surface area contributed by atoms with Gasteiger partial charge in [0, 0.05) is 6.54 Å². The van der Waals surface area contributed by atoms with Crippen molar-refractivity contribution in [2.45, 2.75) is 6.42 Å². The van der Waals surface area contributed by atoms with Crippen LogP contribution in [0.2, 0.25) is 0 Å². The smallest absolute Gasteiger partial charge is 0.409 e. The van der Waals surface area contributed by atoms with Crippen LogP contribution >= 0.6 is 0 Å². The zero-order valence-electron chi connectivity index (χ0n) is 7.98. The number of benzene rings is 1. The molecule has 1 heterocycles. The second kappa shape index (κ2) is 4.13. The minimum atomic E-state index is -0.180. The SMILES string of the molecule is O=C1OCCN1CCc1ccccc1. The van der Waals surface area contributed by atoms with Crippen LogP contribution in [0.4, 0.5) is 4.79 Å². The summed E-state index contributed by atoms with van der Waals surface area (Å²) in [5.74, 6) is 0. The lowest BCUT2D eigenvalue weighted by molar-refractivity contribution is 0.159. The molecule has 0 radical (unpaired) electrons. The molecular weight excluding hydrogens is 178 g/mol. The Morgan fingerprint density at radius 1 is 1.29 bits per heavy atom.